The van der Waals surface area contributed by atoms with Gasteiger partial charge in [-0.1, -0.05) is 13.0 Å². The van der Waals surface area contributed by atoms with Crippen LogP contribution in [0.25, 0.3) is 5.82 Å². The first-order valence-corrected chi connectivity index (χ1v) is 6.63. The molecule has 6 nitrogen and oxygen atoms in total. The standard InChI is InChI=1S/C14H19N5O/c1-4-16-10(2)11-5-6-13(17-9-11)19-8-7-12(18-19)14(20)15-3/h5-10,16H,4H2,1-3H3,(H,15,20). The van der Waals surface area contributed by atoms with E-state index in [1.54, 1.807) is 24.0 Å². The highest BCUT2D eigenvalue weighted by Gasteiger charge is 2.09. The maximum atomic E-state index is 11.5. The monoisotopic (exact) mass is 273 g/mol. The molecule has 1 amide bonds. The van der Waals surface area contributed by atoms with Crippen molar-refractivity contribution >= 4 is 5.91 Å². The van der Waals surface area contributed by atoms with Crippen molar-refractivity contribution < 1.29 is 4.79 Å². The number of pyridine rings is 1. The maximum absolute atomic E-state index is 11.5. The molecule has 1 unspecified atom stereocenters. The zero-order chi connectivity index (χ0) is 14.5. The van der Waals surface area contributed by atoms with Crippen molar-refractivity contribution in [1.29, 1.82) is 0 Å². The molecule has 106 valence electrons. The third kappa shape index (κ3) is 3.03. The summed E-state index contributed by atoms with van der Waals surface area (Å²) in [5, 5.41) is 10.1. The average molecular weight is 273 g/mol. The smallest absolute Gasteiger partial charge is 0.271 e. The summed E-state index contributed by atoms with van der Waals surface area (Å²) < 4.78 is 1.59. The topological polar surface area (TPSA) is 71.8 Å². The van der Waals surface area contributed by atoms with Crippen LogP contribution in [0.15, 0.2) is 30.6 Å². The Hall–Kier alpha value is -2.21. The van der Waals surface area contributed by atoms with Crippen molar-refractivity contribution in [2.75, 3.05) is 13.6 Å². The van der Waals surface area contributed by atoms with Crippen molar-refractivity contribution in [3.05, 3.63) is 41.9 Å². The highest BCUT2D eigenvalue weighted by Crippen LogP contribution is 2.12. The van der Waals surface area contributed by atoms with Gasteiger partial charge in [-0.25, -0.2) is 9.67 Å². The molecule has 0 aliphatic heterocycles. The van der Waals surface area contributed by atoms with E-state index in [0.29, 0.717) is 11.5 Å². The summed E-state index contributed by atoms with van der Waals surface area (Å²) in [7, 11) is 1.58. The first kappa shape index (κ1) is 14.2. The van der Waals surface area contributed by atoms with Gasteiger partial charge in [0.2, 0.25) is 0 Å². The zero-order valence-electron chi connectivity index (χ0n) is 11.9. The number of nitrogens with zero attached hydrogens (tertiary/aromatic N) is 3. The van der Waals surface area contributed by atoms with Crippen LogP contribution in [0.4, 0.5) is 0 Å². The van der Waals surface area contributed by atoms with Gasteiger partial charge in [0.1, 0.15) is 0 Å². The molecule has 2 aromatic rings. The summed E-state index contributed by atoms with van der Waals surface area (Å²) in [6.45, 7) is 5.08. The molecule has 0 radical (unpaired) electrons. The molecule has 2 heterocycles. The minimum Gasteiger partial charge on any atom is -0.354 e. The molecule has 0 aromatic carbocycles. The number of carbonyl (C=O) groups excluding carboxylic acids is 1. The number of hydrogen-bond donors (Lipinski definition) is 2. The molecule has 20 heavy (non-hydrogen) atoms. The van der Waals surface area contributed by atoms with Crippen LogP contribution in [0, 0.1) is 0 Å². The molecule has 0 saturated heterocycles. The molecular formula is C14H19N5O. The lowest BCUT2D eigenvalue weighted by atomic mass is 10.1. The highest BCUT2D eigenvalue weighted by molar-refractivity contribution is 5.91. The van der Waals surface area contributed by atoms with Crippen LogP contribution >= 0.6 is 0 Å². The van der Waals surface area contributed by atoms with Gasteiger partial charge in [0.05, 0.1) is 0 Å². The summed E-state index contributed by atoms with van der Waals surface area (Å²) in [6.07, 6.45) is 3.55. The lowest BCUT2D eigenvalue weighted by molar-refractivity contribution is 0.0957. The molecule has 0 spiro atoms. The lowest BCUT2D eigenvalue weighted by Gasteiger charge is -2.12. The van der Waals surface area contributed by atoms with Crippen LogP contribution in [0.2, 0.25) is 0 Å². The highest BCUT2D eigenvalue weighted by atomic mass is 16.1. The second-order valence-electron chi connectivity index (χ2n) is 4.45. The molecule has 2 N–H and O–H groups in total. The number of hydrogen-bond acceptors (Lipinski definition) is 4. The molecule has 2 rings (SSSR count). The Labute approximate surface area is 118 Å². The van der Waals surface area contributed by atoms with Gasteiger partial charge in [0.15, 0.2) is 11.5 Å². The Kier molecular flexibility index (Phi) is 4.47. The van der Waals surface area contributed by atoms with Crippen molar-refractivity contribution in [2.24, 2.45) is 0 Å². The molecule has 0 fully saturated rings. The summed E-state index contributed by atoms with van der Waals surface area (Å²) in [6, 6.07) is 5.83. The number of carbonyl (C=O) groups is 1. The van der Waals surface area contributed by atoms with Gasteiger partial charge in [-0.2, -0.15) is 5.10 Å². The fourth-order valence-electron chi connectivity index (χ4n) is 1.91. The van der Waals surface area contributed by atoms with Gasteiger partial charge in [-0.05, 0) is 31.2 Å². The quantitative estimate of drug-likeness (QED) is 0.861. The van der Waals surface area contributed by atoms with Crippen molar-refractivity contribution in [2.45, 2.75) is 19.9 Å². The van der Waals surface area contributed by atoms with Crippen LogP contribution < -0.4 is 10.6 Å². The van der Waals surface area contributed by atoms with E-state index >= 15 is 0 Å². The predicted molar refractivity (Wildman–Crippen MR) is 76.8 cm³/mol. The molecule has 0 aliphatic rings. The van der Waals surface area contributed by atoms with E-state index < -0.39 is 0 Å². The minimum absolute atomic E-state index is 0.207. The Balaban J connectivity index is 2.17. The van der Waals surface area contributed by atoms with Crippen LogP contribution in [0.1, 0.15) is 35.9 Å². The normalized spacial score (nSPS) is 12.2. The SMILES string of the molecule is CCNC(C)c1ccc(-n2ccc(C(=O)NC)n2)nc1. The van der Waals surface area contributed by atoms with Gasteiger partial charge in [-0.3, -0.25) is 4.79 Å². The average Bonchev–Trinajstić information content (AvgIpc) is 2.96. The van der Waals surface area contributed by atoms with Crippen LogP contribution in [-0.2, 0) is 0 Å². The maximum Gasteiger partial charge on any atom is 0.271 e. The first-order chi connectivity index (χ1) is 9.65. The number of nitrogens with one attached hydrogen (secondary N) is 2. The second kappa shape index (κ2) is 6.29. The Morgan fingerprint density at radius 3 is 2.80 bits per heavy atom. The van der Waals surface area contributed by atoms with Gasteiger partial charge in [0, 0.05) is 25.5 Å². The Morgan fingerprint density at radius 2 is 2.20 bits per heavy atom. The predicted octanol–water partition coefficient (Wildman–Crippen LogP) is 1.30. The van der Waals surface area contributed by atoms with Gasteiger partial charge >= 0.3 is 0 Å². The lowest BCUT2D eigenvalue weighted by Crippen LogP contribution is -2.19. The van der Waals surface area contributed by atoms with Crippen molar-refractivity contribution in [3.63, 3.8) is 0 Å². The van der Waals surface area contributed by atoms with Gasteiger partial charge in [-0.15, -0.1) is 0 Å². The molecular weight excluding hydrogens is 254 g/mol. The molecule has 2 aromatic heterocycles. The van der Waals surface area contributed by atoms with E-state index in [2.05, 4.69) is 34.6 Å². The van der Waals surface area contributed by atoms with Crippen molar-refractivity contribution in [1.82, 2.24) is 25.4 Å². The Morgan fingerprint density at radius 1 is 1.40 bits per heavy atom. The number of rotatable bonds is 5. The largest absolute Gasteiger partial charge is 0.354 e. The first-order valence-electron chi connectivity index (χ1n) is 6.63. The summed E-state index contributed by atoms with van der Waals surface area (Å²) in [4.78, 5) is 15.8. The zero-order valence-corrected chi connectivity index (χ0v) is 11.9. The van der Waals surface area contributed by atoms with Crippen LogP contribution in [0.3, 0.4) is 0 Å². The van der Waals surface area contributed by atoms with E-state index in [-0.39, 0.29) is 11.9 Å². The molecule has 0 aliphatic carbocycles. The van der Waals surface area contributed by atoms with Gasteiger partial charge < -0.3 is 10.6 Å². The molecule has 6 heteroatoms. The fourth-order valence-corrected chi connectivity index (χ4v) is 1.91. The van der Waals surface area contributed by atoms with Crippen LogP contribution in [-0.4, -0.2) is 34.3 Å². The number of amides is 1. The minimum atomic E-state index is -0.207. The Bertz CT molecular complexity index is 576. The summed E-state index contributed by atoms with van der Waals surface area (Å²) >= 11 is 0. The summed E-state index contributed by atoms with van der Waals surface area (Å²) in [5.41, 5.74) is 1.49. The van der Waals surface area contributed by atoms with Crippen LogP contribution in [0.5, 0.6) is 0 Å². The van der Waals surface area contributed by atoms with E-state index in [1.165, 1.54) is 0 Å². The number of aromatic nitrogens is 3. The summed E-state index contributed by atoms with van der Waals surface area (Å²) in [5.74, 6) is 0.480. The van der Waals surface area contributed by atoms with E-state index in [1.807, 2.05) is 18.3 Å². The van der Waals surface area contributed by atoms with E-state index in [0.717, 1.165) is 12.1 Å². The third-order valence-corrected chi connectivity index (χ3v) is 3.06. The third-order valence-electron chi connectivity index (χ3n) is 3.06. The second-order valence-corrected chi connectivity index (χ2v) is 4.45. The molecule has 0 saturated carbocycles. The van der Waals surface area contributed by atoms with E-state index in [9.17, 15) is 4.79 Å². The molecule has 0 bridgehead atoms. The fraction of sp³-hybridized carbons (Fsp3) is 0.357. The van der Waals surface area contributed by atoms with Crippen molar-refractivity contribution in [3.8, 4) is 5.82 Å². The van der Waals surface area contributed by atoms with Gasteiger partial charge in [0.25, 0.3) is 5.91 Å². The molecule has 1 atom stereocenters. The van der Waals surface area contributed by atoms with E-state index in [4.69, 9.17) is 0 Å².